The maximum Gasteiger partial charge on any atom is 0.0330 e. The molecular weight excluding hydrogens is 179 g/mol. The monoisotopic (exact) mass is 194 g/mol. The van der Waals surface area contributed by atoms with Crippen molar-refractivity contribution >= 4 is 7.68 Å². The average molecular weight is 194 g/mol. The summed E-state index contributed by atoms with van der Waals surface area (Å²) in [7, 11) is -1.07. The first-order valence-electron chi connectivity index (χ1n) is 4.14. The van der Waals surface area contributed by atoms with Crippen LogP contribution < -0.4 is 11.0 Å². The molecule has 0 aliphatic heterocycles. The van der Waals surface area contributed by atoms with Crippen molar-refractivity contribution in [2.75, 3.05) is 0 Å². The predicted octanol–water partition coefficient (Wildman–Crippen LogP) is 2.15. The van der Waals surface area contributed by atoms with Crippen LogP contribution in [0.15, 0.2) is 12.1 Å². The van der Waals surface area contributed by atoms with Crippen LogP contribution in [0, 0.1) is 26.4 Å². The van der Waals surface area contributed by atoms with Gasteiger partial charge in [0, 0.05) is 13.2 Å². The standard InChI is InChI=1S/C10H15N2P/c1-7-4-8(2)10(6-13(11)12)9(3)5-7/h4-5H,11-12H2,1-3H3. The summed E-state index contributed by atoms with van der Waals surface area (Å²) in [6, 6.07) is 4.24. The molecule has 0 unspecified atom stereocenters. The van der Waals surface area contributed by atoms with E-state index in [4.69, 9.17) is 11.0 Å². The van der Waals surface area contributed by atoms with Gasteiger partial charge >= 0.3 is 0 Å². The van der Waals surface area contributed by atoms with Gasteiger partial charge in [0.2, 0.25) is 0 Å². The molecular formula is C10H15N2P. The molecule has 0 aromatic heterocycles. The first kappa shape index (κ1) is 10.3. The number of benzene rings is 1. The van der Waals surface area contributed by atoms with Crippen molar-refractivity contribution in [2.45, 2.75) is 20.8 Å². The maximum absolute atomic E-state index is 5.53. The second-order valence-corrected chi connectivity index (χ2v) is 4.33. The maximum atomic E-state index is 5.53. The lowest BCUT2D eigenvalue weighted by atomic mass is 10.0. The average Bonchev–Trinajstić information content (AvgIpc) is 1.96. The Hall–Kier alpha value is -0.780. The van der Waals surface area contributed by atoms with Crippen LogP contribution in [0.2, 0.25) is 0 Å². The van der Waals surface area contributed by atoms with Gasteiger partial charge in [0.25, 0.3) is 0 Å². The fourth-order valence-electron chi connectivity index (χ4n) is 1.49. The third-order valence-corrected chi connectivity index (χ3v) is 2.40. The summed E-state index contributed by atoms with van der Waals surface area (Å²) in [5.74, 6) is 0. The first-order valence-corrected chi connectivity index (χ1v) is 5.62. The molecule has 0 aliphatic carbocycles. The van der Waals surface area contributed by atoms with E-state index in [1.54, 1.807) is 0 Å². The molecule has 4 N–H and O–H groups in total. The van der Waals surface area contributed by atoms with E-state index in [0.29, 0.717) is 0 Å². The third-order valence-electron chi connectivity index (χ3n) is 1.92. The molecule has 0 fully saturated rings. The number of hydrogen-bond donors (Lipinski definition) is 2. The molecule has 1 aromatic rings. The van der Waals surface area contributed by atoms with Crippen molar-refractivity contribution in [3.05, 3.63) is 34.4 Å². The van der Waals surface area contributed by atoms with Crippen molar-refractivity contribution in [3.8, 4) is 5.63 Å². The van der Waals surface area contributed by atoms with Crippen molar-refractivity contribution in [3.63, 3.8) is 0 Å². The lowest BCUT2D eigenvalue weighted by Gasteiger charge is -2.05. The minimum atomic E-state index is -1.07. The Morgan fingerprint density at radius 1 is 1.08 bits per heavy atom. The number of rotatable bonds is 0. The highest BCUT2D eigenvalue weighted by Gasteiger charge is 1.99. The fourth-order valence-corrected chi connectivity index (χ4v) is 2.10. The van der Waals surface area contributed by atoms with Gasteiger partial charge in [-0.05, 0) is 31.9 Å². The Morgan fingerprint density at radius 3 is 1.92 bits per heavy atom. The number of hydrogen-bond acceptors (Lipinski definition) is 2. The van der Waals surface area contributed by atoms with Gasteiger partial charge in [0.1, 0.15) is 0 Å². The van der Waals surface area contributed by atoms with Gasteiger partial charge in [-0.15, -0.1) is 0 Å². The first-order chi connectivity index (χ1) is 6.00. The Bertz CT molecular complexity index is 381. The van der Waals surface area contributed by atoms with Gasteiger partial charge in [-0.2, -0.15) is 0 Å². The highest BCUT2D eigenvalue weighted by molar-refractivity contribution is 7.41. The molecule has 1 aromatic carbocycles. The summed E-state index contributed by atoms with van der Waals surface area (Å²) < 4.78 is 0. The Kier molecular flexibility index (Phi) is 3.13. The SMILES string of the molecule is Cc1cc(C)c(C#P(N)N)c(C)c1. The highest BCUT2D eigenvalue weighted by atomic mass is 31.1. The van der Waals surface area contributed by atoms with Gasteiger partial charge in [0.05, 0.1) is 0 Å². The molecule has 0 radical (unpaired) electrons. The molecule has 0 atom stereocenters. The highest BCUT2D eigenvalue weighted by Crippen LogP contribution is 2.16. The number of aryl methyl sites for hydroxylation is 3. The van der Waals surface area contributed by atoms with E-state index < -0.39 is 7.68 Å². The molecule has 70 valence electrons. The van der Waals surface area contributed by atoms with Gasteiger partial charge in [0.15, 0.2) is 0 Å². The molecule has 13 heavy (non-hydrogen) atoms. The zero-order valence-corrected chi connectivity index (χ0v) is 9.15. The second-order valence-electron chi connectivity index (χ2n) is 3.29. The summed E-state index contributed by atoms with van der Waals surface area (Å²) in [5, 5.41) is 0. The van der Waals surface area contributed by atoms with Crippen LogP contribution in [0.1, 0.15) is 22.3 Å². The van der Waals surface area contributed by atoms with Crippen molar-refractivity contribution in [1.82, 2.24) is 0 Å². The van der Waals surface area contributed by atoms with Crippen LogP contribution in [-0.2, 0) is 0 Å². The minimum absolute atomic E-state index is 1.07. The van der Waals surface area contributed by atoms with E-state index in [1.807, 2.05) is 0 Å². The van der Waals surface area contributed by atoms with Gasteiger partial charge in [-0.1, -0.05) is 23.3 Å². The largest absolute Gasteiger partial charge is 0.274 e. The molecule has 0 amide bonds. The van der Waals surface area contributed by atoms with Crippen molar-refractivity contribution in [2.24, 2.45) is 11.0 Å². The van der Waals surface area contributed by atoms with Crippen LogP contribution >= 0.6 is 7.68 Å². The quantitative estimate of drug-likeness (QED) is 0.622. The normalized spacial score (nSPS) is 9.62. The van der Waals surface area contributed by atoms with E-state index in [0.717, 1.165) is 5.56 Å². The van der Waals surface area contributed by atoms with E-state index in [9.17, 15) is 0 Å². The van der Waals surface area contributed by atoms with E-state index >= 15 is 0 Å². The lowest BCUT2D eigenvalue weighted by molar-refractivity contribution is 1.30. The molecule has 0 saturated heterocycles. The Balaban J connectivity index is 3.38. The summed E-state index contributed by atoms with van der Waals surface area (Å²) in [6.45, 7) is 6.19. The van der Waals surface area contributed by atoms with Crippen LogP contribution in [0.3, 0.4) is 0 Å². The van der Waals surface area contributed by atoms with Gasteiger partial charge < -0.3 is 0 Å². The van der Waals surface area contributed by atoms with Gasteiger partial charge in [-0.25, -0.2) is 0 Å². The molecule has 2 nitrogen and oxygen atoms in total. The molecule has 3 heteroatoms. The summed E-state index contributed by atoms with van der Waals surface area (Å²) in [6.07, 6.45) is 0. The predicted molar refractivity (Wildman–Crippen MR) is 58.9 cm³/mol. The van der Waals surface area contributed by atoms with Crippen molar-refractivity contribution < 1.29 is 0 Å². The fraction of sp³-hybridized carbons (Fsp3) is 0.300. The molecule has 0 saturated carbocycles. The molecule has 0 heterocycles. The molecule has 1 rings (SSSR count). The van der Waals surface area contributed by atoms with E-state index in [2.05, 4.69) is 38.5 Å². The van der Waals surface area contributed by atoms with E-state index in [1.165, 1.54) is 16.7 Å². The van der Waals surface area contributed by atoms with E-state index in [-0.39, 0.29) is 0 Å². The summed E-state index contributed by atoms with van der Waals surface area (Å²) in [4.78, 5) is 0. The number of nitrogens with two attached hydrogens (primary N) is 2. The summed E-state index contributed by atoms with van der Waals surface area (Å²) in [5.41, 5.74) is 18.9. The second kappa shape index (κ2) is 3.95. The van der Waals surface area contributed by atoms with Crippen molar-refractivity contribution in [1.29, 1.82) is 0 Å². The molecule has 0 spiro atoms. The van der Waals surface area contributed by atoms with Crippen LogP contribution in [-0.4, -0.2) is 0 Å². The topological polar surface area (TPSA) is 52.0 Å². The molecule has 0 aliphatic rings. The third kappa shape index (κ3) is 2.58. The van der Waals surface area contributed by atoms with Crippen LogP contribution in [0.5, 0.6) is 0 Å². The van der Waals surface area contributed by atoms with Crippen LogP contribution in [0.25, 0.3) is 0 Å². The minimum Gasteiger partial charge on any atom is -0.274 e. The summed E-state index contributed by atoms with van der Waals surface area (Å²) >= 11 is 0. The zero-order valence-electron chi connectivity index (χ0n) is 8.26. The van der Waals surface area contributed by atoms with Crippen LogP contribution in [0.4, 0.5) is 0 Å². The van der Waals surface area contributed by atoms with Gasteiger partial charge in [-0.3, -0.25) is 11.0 Å². The zero-order chi connectivity index (χ0) is 10.0. The molecule has 0 bridgehead atoms. The Labute approximate surface area is 80.1 Å². The Morgan fingerprint density at radius 2 is 1.54 bits per heavy atom. The lowest BCUT2D eigenvalue weighted by Crippen LogP contribution is -1.92. The smallest absolute Gasteiger partial charge is 0.0330 e.